The summed E-state index contributed by atoms with van der Waals surface area (Å²) in [6.45, 7) is 8.07. The number of aliphatic hydroxyl groups is 2. The second-order valence-electron chi connectivity index (χ2n) is 14.8. The van der Waals surface area contributed by atoms with Crippen molar-refractivity contribution in [1.29, 1.82) is 0 Å². The molecule has 2 unspecified atom stereocenters. The van der Waals surface area contributed by atoms with Crippen molar-refractivity contribution < 1.29 is 72.1 Å². The highest BCUT2D eigenvalue weighted by Gasteiger charge is 2.24. The summed E-state index contributed by atoms with van der Waals surface area (Å²) < 4.78 is 43.5. The Kier molecular flexibility index (Phi) is 26.2. The maximum atomic E-state index is 12.2. The molecule has 3 aromatic carbocycles. The van der Waals surface area contributed by atoms with E-state index < -0.39 is 30.1 Å². The zero-order chi connectivity index (χ0) is 48.3. The lowest BCUT2D eigenvalue weighted by molar-refractivity contribution is -0.213. The number of esters is 5. The van der Waals surface area contributed by atoms with Crippen molar-refractivity contribution in [3.63, 3.8) is 0 Å². The van der Waals surface area contributed by atoms with Gasteiger partial charge in [-0.1, -0.05) is 44.7 Å². The maximum absolute atomic E-state index is 12.2. The number of carbonyl (C=O) groups excluding carboxylic acids is 5. The molecule has 66 heavy (non-hydrogen) atoms. The van der Waals surface area contributed by atoms with E-state index in [0.717, 1.165) is 38.1 Å². The number of halogens is 2. The summed E-state index contributed by atoms with van der Waals surface area (Å²) in [6, 6.07) is 17.9. The first-order chi connectivity index (χ1) is 31.6. The molecule has 3 aromatic rings. The second-order valence-corrected chi connectivity index (χ2v) is 19.0. The first kappa shape index (κ1) is 56.1. The molecule has 3 rings (SSSR count). The molecule has 0 radical (unpaired) electrons. The third kappa shape index (κ3) is 22.5. The molecule has 362 valence electrons. The molecule has 0 aliphatic heterocycles. The Morgan fingerprint density at radius 2 is 1.09 bits per heavy atom. The van der Waals surface area contributed by atoms with Crippen molar-refractivity contribution in [2.24, 2.45) is 0 Å². The molecule has 2 N–H and O–H groups in total. The van der Waals surface area contributed by atoms with Crippen LogP contribution in [0.2, 0.25) is 0 Å². The molecule has 0 saturated heterocycles. The van der Waals surface area contributed by atoms with Gasteiger partial charge >= 0.3 is 36.3 Å². The monoisotopic (exact) mass is 1080 g/mol. The predicted molar refractivity (Wildman–Crippen MR) is 257 cm³/mol. The second kappa shape index (κ2) is 30.9. The van der Waals surface area contributed by atoms with Crippen molar-refractivity contribution in [3.05, 3.63) is 99.0 Å². The molecular formula is C47H58Br2O15S2. The van der Waals surface area contributed by atoms with E-state index in [1.165, 1.54) is 23.5 Å². The van der Waals surface area contributed by atoms with Crippen molar-refractivity contribution >= 4 is 85.2 Å². The molecule has 0 aromatic heterocycles. The Bertz CT molecular complexity index is 1970. The number of aliphatic hydroxyl groups excluding tert-OH is 2. The zero-order valence-corrected chi connectivity index (χ0v) is 42.1. The highest BCUT2D eigenvalue weighted by molar-refractivity contribution is 9.11. The van der Waals surface area contributed by atoms with Gasteiger partial charge in [-0.3, -0.25) is 19.2 Å². The number of unbranched alkanes of at least 4 members (excludes halogenated alkanes) is 2. The van der Waals surface area contributed by atoms with Crippen molar-refractivity contribution in [3.8, 4) is 17.2 Å². The Morgan fingerprint density at radius 3 is 1.56 bits per heavy atom. The molecule has 2 atom stereocenters. The largest absolute Gasteiger partial charge is 0.488 e. The van der Waals surface area contributed by atoms with E-state index in [9.17, 15) is 34.2 Å². The van der Waals surface area contributed by atoms with Crippen LogP contribution in [-0.2, 0) is 53.1 Å². The summed E-state index contributed by atoms with van der Waals surface area (Å²) in [4.78, 5) is 59.5. The van der Waals surface area contributed by atoms with E-state index in [2.05, 4.69) is 43.2 Å². The molecule has 15 nitrogen and oxygen atoms in total. The van der Waals surface area contributed by atoms with Gasteiger partial charge in [-0.2, -0.15) is 23.5 Å². The quantitative estimate of drug-likeness (QED) is 0.0198. The van der Waals surface area contributed by atoms with Crippen molar-refractivity contribution in [2.75, 3.05) is 56.0 Å². The molecule has 0 fully saturated rings. The Labute approximate surface area is 411 Å². The number of benzene rings is 3. The van der Waals surface area contributed by atoms with Crippen LogP contribution in [0.3, 0.4) is 0 Å². The number of thioether (sulfide) groups is 2. The van der Waals surface area contributed by atoms with Crippen LogP contribution in [0.25, 0.3) is 0 Å². The van der Waals surface area contributed by atoms with E-state index in [-0.39, 0.29) is 76.6 Å². The fourth-order valence-corrected chi connectivity index (χ4v) is 9.00. The molecule has 0 saturated carbocycles. The molecule has 0 heterocycles. The van der Waals surface area contributed by atoms with Crippen LogP contribution >= 0.6 is 55.4 Å². The zero-order valence-electron chi connectivity index (χ0n) is 37.3. The van der Waals surface area contributed by atoms with Gasteiger partial charge in [0.2, 0.25) is 6.29 Å². The van der Waals surface area contributed by atoms with Crippen LogP contribution in [0.4, 0.5) is 0 Å². The molecule has 0 bridgehead atoms. The van der Waals surface area contributed by atoms with Crippen molar-refractivity contribution in [2.45, 2.75) is 83.9 Å². The molecule has 0 aliphatic rings. The molecule has 0 aliphatic carbocycles. The van der Waals surface area contributed by atoms with Crippen LogP contribution in [0.5, 0.6) is 17.2 Å². The van der Waals surface area contributed by atoms with E-state index in [1.807, 2.05) is 57.2 Å². The number of hydrogen-bond acceptors (Lipinski definition) is 17. The van der Waals surface area contributed by atoms with Crippen molar-refractivity contribution in [1.82, 2.24) is 0 Å². The third-order valence-electron chi connectivity index (χ3n) is 9.28. The topological polar surface area (TPSA) is 200 Å². The van der Waals surface area contributed by atoms with Gasteiger partial charge in [0.05, 0.1) is 47.8 Å². The average Bonchev–Trinajstić information content (AvgIpc) is 3.27. The number of carbonyl (C=O) groups is 5. The van der Waals surface area contributed by atoms with Crippen LogP contribution in [0.15, 0.2) is 82.3 Å². The molecular weight excluding hydrogens is 1030 g/mol. The summed E-state index contributed by atoms with van der Waals surface area (Å²) in [5, 5.41) is 20.0. The number of ether oxygens (including phenoxy) is 8. The lowest BCUT2D eigenvalue weighted by atomic mass is 9.78. The van der Waals surface area contributed by atoms with Crippen LogP contribution in [0.1, 0.15) is 75.5 Å². The predicted octanol–water partition coefficient (Wildman–Crippen LogP) is 8.38. The van der Waals surface area contributed by atoms with Gasteiger partial charge in [0, 0.05) is 34.5 Å². The fraction of sp³-hybridized carbons (Fsp3) is 0.468. The van der Waals surface area contributed by atoms with E-state index in [4.69, 9.17) is 33.2 Å². The van der Waals surface area contributed by atoms with Gasteiger partial charge in [0.15, 0.2) is 6.61 Å². The van der Waals surface area contributed by atoms with Gasteiger partial charge < -0.3 is 48.1 Å². The van der Waals surface area contributed by atoms with Gasteiger partial charge in [0.25, 0.3) is 0 Å². The third-order valence-corrected chi connectivity index (χ3v) is 12.4. The Balaban J connectivity index is 1.12. The summed E-state index contributed by atoms with van der Waals surface area (Å²) in [6.07, 6.45) is 2.32. The lowest BCUT2D eigenvalue weighted by Gasteiger charge is -2.27. The van der Waals surface area contributed by atoms with E-state index in [0.29, 0.717) is 53.1 Å². The van der Waals surface area contributed by atoms with Gasteiger partial charge in [-0.25, -0.2) is 4.79 Å². The summed E-state index contributed by atoms with van der Waals surface area (Å²) in [5.74, 6) is 1.02. The minimum atomic E-state index is -1.77. The standard InChI is InChI=1S/C47H58Br2O15S2/c1-5-39(50)64-46(56)63-36-15-11-34(12-16-36)47(3,4)33-9-13-35(14-10-33)62-44(55)31-61-43(54)20-28-66-26-18-41(52)58-22-8-6-7-21-57-40(51)17-25-65-27-19-42(53)59-23-24-60-45-37(48)29-32(2)30-38(45)49/h5,9-16,29-30,44,46,55-56H,1,6-8,17-28,31H2,2-4H3. The normalized spacial score (nSPS) is 12.0. The Morgan fingerprint density at radius 1 is 0.652 bits per heavy atom. The minimum absolute atomic E-state index is 0.0938. The number of rotatable bonds is 32. The SMILES string of the molecule is C=CC(=O)OC(O)Oc1ccc(C(C)(C)c2ccc(OC(O)COC(=O)CCSCCC(=O)OCCCCCOC(=O)CCSCCC(=O)OCCOc3c(Br)cc(C)cc3Br)cc2)cc1. The smallest absolute Gasteiger partial charge is 0.360 e. The first-order valence-electron chi connectivity index (χ1n) is 21.2. The Hall–Kier alpha value is -4.27. The highest BCUT2D eigenvalue weighted by atomic mass is 79.9. The lowest BCUT2D eigenvalue weighted by Crippen LogP contribution is -2.24. The first-order valence-corrected chi connectivity index (χ1v) is 25.1. The van der Waals surface area contributed by atoms with Crippen LogP contribution in [-0.4, -0.2) is 109 Å². The molecule has 0 spiro atoms. The number of hydrogen-bond donors (Lipinski definition) is 2. The fourth-order valence-electron chi connectivity index (χ4n) is 5.70. The van der Waals surface area contributed by atoms with Crippen LogP contribution < -0.4 is 14.2 Å². The summed E-state index contributed by atoms with van der Waals surface area (Å²) in [7, 11) is 0. The van der Waals surface area contributed by atoms with Gasteiger partial charge in [-0.05, 0) is 111 Å². The van der Waals surface area contributed by atoms with E-state index in [1.54, 1.807) is 24.3 Å². The van der Waals surface area contributed by atoms with Gasteiger partial charge in [-0.15, -0.1) is 0 Å². The number of aryl methyl sites for hydroxylation is 1. The molecule has 19 heteroatoms. The maximum Gasteiger partial charge on any atom is 0.360 e. The minimum Gasteiger partial charge on any atom is -0.488 e. The highest BCUT2D eigenvalue weighted by Crippen LogP contribution is 2.35. The van der Waals surface area contributed by atoms with E-state index >= 15 is 0 Å². The average molecular weight is 1090 g/mol. The van der Waals surface area contributed by atoms with Gasteiger partial charge in [0.1, 0.15) is 30.5 Å². The summed E-state index contributed by atoms with van der Waals surface area (Å²) in [5.41, 5.74) is 2.52. The molecule has 0 amide bonds. The van der Waals surface area contributed by atoms with Crippen LogP contribution in [0, 0.1) is 6.92 Å². The summed E-state index contributed by atoms with van der Waals surface area (Å²) >= 11 is 9.82.